The second kappa shape index (κ2) is 7.34. The monoisotopic (exact) mass is 376 g/mol. The van der Waals surface area contributed by atoms with Crippen LogP contribution in [0.4, 0.5) is 9.18 Å². The summed E-state index contributed by atoms with van der Waals surface area (Å²) in [5.41, 5.74) is 0.809. The molecule has 2 saturated heterocycles. The topological polar surface area (TPSA) is 81.2 Å². The van der Waals surface area contributed by atoms with Crippen LogP contribution in [0.1, 0.15) is 12.0 Å². The van der Waals surface area contributed by atoms with Crippen molar-refractivity contribution in [3.8, 4) is 0 Å². The Labute approximate surface area is 156 Å². The molecule has 1 atom stereocenters. The largest absolute Gasteiger partial charge is 0.335 e. The van der Waals surface area contributed by atoms with E-state index in [1.165, 1.54) is 36.0 Å². The van der Waals surface area contributed by atoms with Crippen LogP contribution in [-0.4, -0.2) is 83.1 Å². The van der Waals surface area contributed by atoms with Crippen molar-refractivity contribution in [2.75, 3.05) is 33.7 Å². The molecule has 2 aliphatic heterocycles. The van der Waals surface area contributed by atoms with E-state index < -0.39 is 18.0 Å². The van der Waals surface area contributed by atoms with Crippen LogP contribution in [-0.2, 0) is 20.9 Å². The van der Waals surface area contributed by atoms with Crippen LogP contribution in [0.3, 0.4) is 0 Å². The first-order valence-electron chi connectivity index (χ1n) is 8.62. The summed E-state index contributed by atoms with van der Waals surface area (Å²) in [5.74, 6) is -1.30. The maximum absolute atomic E-state index is 13.0. The van der Waals surface area contributed by atoms with Crippen LogP contribution in [0.15, 0.2) is 24.3 Å². The second-order valence-electron chi connectivity index (χ2n) is 6.77. The van der Waals surface area contributed by atoms with Gasteiger partial charge in [0.15, 0.2) is 0 Å². The summed E-state index contributed by atoms with van der Waals surface area (Å²) in [6.45, 7) is 0.980. The molecule has 0 unspecified atom stereocenters. The number of rotatable bonds is 4. The van der Waals surface area contributed by atoms with Gasteiger partial charge in [-0.1, -0.05) is 12.1 Å². The SMILES string of the molecule is CN1C(=O)[C@@H](CC(=O)N2CCN(Cc3ccc(F)cc3)C(=O)C2)N(C)C1=O. The van der Waals surface area contributed by atoms with Crippen molar-refractivity contribution in [1.82, 2.24) is 19.6 Å². The van der Waals surface area contributed by atoms with Gasteiger partial charge < -0.3 is 14.7 Å². The van der Waals surface area contributed by atoms with Crippen LogP contribution < -0.4 is 0 Å². The van der Waals surface area contributed by atoms with Gasteiger partial charge in [0.25, 0.3) is 5.91 Å². The van der Waals surface area contributed by atoms with E-state index in [9.17, 15) is 23.6 Å². The predicted molar refractivity (Wildman–Crippen MR) is 92.7 cm³/mol. The van der Waals surface area contributed by atoms with E-state index in [1.807, 2.05) is 0 Å². The summed E-state index contributed by atoms with van der Waals surface area (Å²) < 4.78 is 13.0. The van der Waals surface area contributed by atoms with Gasteiger partial charge in [-0.3, -0.25) is 19.3 Å². The van der Waals surface area contributed by atoms with E-state index >= 15 is 0 Å². The smallest absolute Gasteiger partial charge is 0.326 e. The molecular weight excluding hydrogens is 355 g/mol. The van der Waals surface area contributed by atoms with E-state index in [4.69, 9.17) is 0 Å². The highest BCUT2D eigenvalue weighted by Gasteiger charge is 2.42. The fourth-order valence-electron chi connectivity index (χ4n) is 3.27. The lowest BCUT2D eigenvalue weighted by Crippen LogP contribution is -2.52. The zero-order chi connectivity index (χ0) is 19.7. The van der Waals surface area contributed by atoms with E-state index in [0.717, 1.165) is 10.5 Å². The number of benzene rings is 1. The van der Waals surface area contributed by atoms with Crippen molar-refractivity contribution in [3.63, 3.8) is 0 Å². The number of urea groups is 1. The lowest BCUT2D eigenvalue weighted by Gasteiger charge is -2.35. The molecule has 3 rings (SSSR count). The fourth-order valence-corrected chi connectivity index (χ4v) is 3.27. The minimum atomic E-state index is -0.831. The zero-order valence-corrected chi connectivity index (χ0v) is 15.2. The van der Waals surface area contributed by atoms with Crippen molar-refractivity contribution in [2.45, 2.75) is 19.0 Å². The van der Waals surface area contributed by atoms with E-state index in [0.29, 0.717) is 19.6 Å². The Kier molecular flexibility index (Phi) is 5.11. The molecule has 9 heteroatoms. The third-order valence-corrected chi connectivity index (χ3v) is 5.00. The summed E-state index contributed by atoms with van der Waals surface area (Å²) in [5, 5.41) is 0. The third kappa shape index (κ3) is 3.76. The fraction of sp³-hybridized carbons (Fsp3) is 0.444. The molecule has 2 heterocycles. The number of carbonyl (C=O) groups excluding carboxylic acids is 4. The lowest BCUT2D eigenvalue weighted by atomic mass is 10.1. The molecule has 0 radical (unpaired) electrons. The Balaban J connectivity index is 1.56. The summed E-state index contributed by atoms with van der Waals surface area (Å²) >= 11 is 0. The van der Waals surface area contributed by atoms with Gasteiger partial charge in [0, 0.05) is 33.7 Å². The normalized spacial score (nSPS) is 20.7. The van der Waals surface area contributed by atoms with Gasteiger partial charge in [-0.15, -0.1) is 0 Å². The standard InChI is InChI=1S/C18H21FN4O4/c1-20-14(17(26)21(2)18(20)27)9-15(24)23-8-7-22(16(25)11-23)10-12-3-5-13(19)6-4-12/h3-6,14H,7-11H2,1-2H3/t14-/m1/s1. The third-order valence-electron chi connectivity index (χ3n) is 5.00. The summed E-state index contributed by atoms with van der Waals surface area (Å²) in [7, 11) is 2.86. The van der Waals surface area contributed by atoms with Crippen molar-refractivity contribution >= 4 is 23.8 Å². The molecule has 2 fully saturated rings. The van der Waals surface area contributed by atoms with Gasteiger partial charge in [-0.05, 0) is 17.7 Å². The Morgan fingerprint density at radius 3 is 2.33 bits per heavy atom. The molecular formula is C18H21FN4O4. The van der Waals surface area contributed by atoms with E-state index in [1.54, 1.807) is 17.0 Å². The maximum atomic E-state index is 13.0. The zero-order valence-electron chi connectivity index (χ0n) is 15.2. The number of halogens is 1. The van der Waals surface area contributed by atoms with Crippen LogP contribution in [0.5, 0.6) is 0 Å². The molecule has 0 saturated carbocycles. The first kappa shape index (κ1) is 18.8. The molecule has 8 nitrogen and oxygen atoms in total. The number of nitrogens with zero attached hydrogens (tertiary/aromatic N) is 4. The molecule has 2 aliphatic rings. The maximum Gasteiger partial charge on any atom is 0.326 e. The predicted octanol–water partition coefficient (Wildman–Crippen LogP) is 0.279. The van der Waals surface area contributed by atoms with Crippen molar-refractivity contribution < 1.29 is 23.6 Å². The highest BCUT2D eigenvalue weighted by atomic mass is 19.1. The number of imide groups is 1. The van der Waals surface area contributed by atoms with Gasteiger partial charge in [0.2, 0.25) is 11.8 Å². The highest BCUT2D eigenvalue weighted by Crippen LogP contribution is 2.19. The van der Waals surface area contributed by atoms with E-state index in [-0.39, 0.29) is 30.6 Å². The van der Waals surface area contributed by atoms with Crippen LogP contribution in [0, 0.1) is 5.82 Å². The molecule has 0 bridgehead atoms. The van der Waals surface area contributed by atoms with Gasteiger partial charge in [-0.25, -0.2) is 9.18 Å². The van der Waals surface area contributed by atoms with Gasteiger partial charge in [0.05, 0.1) is 13.0 Å². The van der Waals surface area contributed by atoms with Crippen LogP contribution in [0.25, 0.3) is 0 Å². The Morgan fingerprint density at radius 1 is 1.11 bits per heavy atom. The molecule has 1 aromatic rings. The Bertz CT molecular complexity index is 782. The lowest BCUT2D eigenvalue weighted by molar-refractivity contribution is -0.146. The molecule has 0 aliphatic carbocycles. The number of amides is 5. The summed E-state index contributed by atoms with van der Waals surface area (Å²) in [6, 6.07) is 4.64. The molecule has 5 amide bonds. The average Bonchev–Trinajstić information content (AvgIpc) is 2.83. The van der Waals surface area contributed by atoms with Crippen LogP contribution >= 0.6 is 0 Å². The number of carbonyl (C=O) groups is 4. The van der Waals surface area contributed by atoms with Crippen LogP contribution in [0.2, 0.25) is 0 Å². The molecule has 0 aromatic heterocycles. The molecule has 144 valence electrons. The van der Waals surface area contributed by atoms with Crippen molar-refractivity contribution in [1.29, 1.82) is 0 Å². The molecule has 1 aromatic carbocycles. The van der Waals surface area contributed by atoms with Crippen molar-refractivity contribution in [2.24, 2.45) is 0 Å². The second-order valence-corrected chi connectivity index (χ2v) is 6.77. The van der Waals surface area contributed by atoms with E-state index in [2.05, 4.69) is 0 Å². The average molecular weight is 376 g/mol. The number of hydrogen-bond acceptors (Lipinski definition) is 4. The van der Waals surface area contributed by atoms with Gasteiger partial charge in [0.1, 0.15) is 11.9 Å². The summed E-state index contributed by atoms with van der Waals surface area (Å²) in [6.07, 6.45) is -0.142. The number of piperazine rings is 1. The summed E-state index contributed by atoms with van der Waals surface area (Å²) in [4.78, 5) is 54.0. The first-order chi connectivity index (χ1) is 12.8. The number of hydrogen-bond donors (Lipinski definition) is 0. The van der Waals surface area contributed by atoms with Crippen molar-refractivity contribution in [3.05, 3.63) is 35.6 Å². The minimum Gasteiger partial charge on any atom is -0.335 e. The molecule has 0 N–H and O–H groups in total. The number of likely N-dealkylation sites (N-methyl/N-ethyl adjacent to an activating group) is 2. The molecule has 27 heavy (non-hydrogen) atoms. The Morgan fingerprint density at radius 2 is 1.78 bits per heavy atom. The van der Waals surface area contributed by atoms with Gasteiger partial charge in [-0.2, -0.15) is 0 Å². The first-order valence-corrected chi connectivity index (χ1v) is 8.62. The quantitative estimate of drug-likeness (QED) is 0.707. The Hall–Kier alpha value is -2.97. The molecule has 0 spiro atoms. The van der Waals surface area contributed by atoms with Gasteiger partial charge >= 0.3 is 6.03 Å². The highest BCUT2D eigenvalue weighted by molar-refractivity contribution is 6.05. The minimum absolute atomic E-state index is 0.0750.